The van der Waals surface area contributed by atoms with E-state index in [4.69, 9.17) is 0 Å². The Kier molecular flexibility index (Phi) is 6.64. The number of sulfonamides is 1. The molecule has 0 bridgehead atoms. The third kappa shape index (κ3) is 5.26. The lowest BCUT2D eigenvalue weighted by Gasteiger charge is -2.34. The van der Waals surface area contributed by atoms with Crippen LogP contribution in [0.3, 0.4) is 0 Å². The summed E-state index contributed by atoms with van der Waals surface area (Å²) in [7, 11) is -4.68. The summed E-state index contributed by atoms with van der Waals surface area (Å²) in [6, 6.07) is 10.6. The van der Waals surface area contributed by atoms with Gasteiger partial charge in [-0.1, -0.05) is 0 Å². The summed E-state index contributed by atoms with van der Waals surface area (Å²) in [5.41, 5.74) is -2.25. The van der Waals surface area contributed by atoms with E-state index in [-0.39, 0.29) is 50.3 Å². The van der Waals surface area contributed by atoms with E-state index < -0.39 is 38.4 Å². The van der Waals surface area contributed by atoms with E-state index in [2.05, 4.69) is 0 Å². The van der Waals surface area contributed by atoms with Crippen molar-refractivity contribution in [1.82, 2.24) is 13.8 Å². The second-order valence-electron chi connectivity index (χ2n) is 8.08. The van der Waals surface area contributed by atoms with Crippen LogP contribution >= 0.6 is 0 Å². The number of piperazine rings is 1. The van der Waals surface area contributed by atoms with Gasteiger partial charge in [0.25, 0.3) is 5.91 Å². The van der Waals surface area contributed by atoms with Gasteiger partial charge in [0.2, 0.25) is 10.0 Å². The smallest absolute Gasteiger partial charge is 0.336 e. The molecule has 1 saturated heterocycles. The van der Waals surface area contributed by atoms with Crippen LogP contribution in [0, 0.1) is 0 Å². The van der Waals surface area contributed by atoms with Crippen LogP contribution < -0.4 is 0 Å². The first-order chi connectivity index (χ1) is 16.8. The molecule has 3 aromatic rings. The number of carbonyl (C=O) groups is 1. The van der Waals surface area contributed by atoms with E-state index in [0.717, 1.165) is 9.99 Å². The fourth-order valence-corrected chi connectivity index (χ4v) is 5.32. The van der Waals surface area contributed by atoms with Crippen molar-refractivity contribution in [2.24, 2.45) is 0 Å². The summed E-state index contributed by atoms with van der Waals surface area (Å²) in [6.07, 6.45) is -6.68. The number of benzene rings is 2. The summed E-state index contributed by atoms with van der Waals surface area (Å²) >= 11 is 0. The van der Waals surface area contributed by atoms with Crippen molar-refractivity contribution < 1.29 is 39.6 Å². The molecule has 0 aliphatic carbocycles. The quantitative estimate of drug-likeness (QED) is 0.460. The number of hydrogen-bond acceptors (Lipinski definition) is 3. The number of rotatable bonds is 4. The molecule has 2 aromatic carbocycles. The van der Waals surface area contributed by atoms with Crippen LogP contribution in [0.5, 0.6) is 0 Å². The Bertz CT molecular complexity index is 1310. The van der Waals surface area contributed by atoms with Gasteiger partial charge < -0.3 is 9.47 Å². The number of nitrogens with zero attached hydrogens (tertiary/aromatic N) is 3. The van der Waals surface area contributed by atoms with Gasteiger partial charge in [0.15, 0.2) is 0 Å². The van der Waals surface area contributed by atoms with Gasteiger partial charge in [-0.05, 0) is 54.6 Å². The van der Waals surface area contributed by atoms with Gasteiger partial charge in [0.05, 0.1) is 16.0 Å². The Hall–Kier alpha value is -3.32. The summed E-state index contributed by atoms with van der Waals surface area (Å²) in [5, 5.41) is 0. The molecule has 0 spiro atoms. The van der Waals surface area contributed by atoms with Gasteiger partial charge in [-0.25, -0.2) is 8.42 Å². The first-order valence-electron chi connectivity index (χ1n) is 10.6. The van der Waals surface area contributed by atoms with Crippen LogP contribution in [0.25, 0.3) is 5.69 Å². The molecule has 2 heterocycles. The Balaban J connectivity index is 1.50. The van der Waals surface area contributed by atoms with Gasteiger partial charge in [-0.2, -0.15) is 30.6 Å². The first-order valence-corrected chi connectivity index (χ1v) is 12.0. The first kappa shape index (κ1) is 25.8. The second-order valence-corrected chi connectivity index (χ2v) is 10.0. The van der Waals surface area contributed by atoms with Gasteiger partial charge >= 0.3 is 12.4 Å². The number of halogens is 6. The molecule has 0 atom stereocenters. The Morgan fingerprint density at radius 3 is 1.72 bits per heavy atom. The molecule has 1 fully saturated rings. The molecular formula is C23H19F6N3O3S. The van der Waals surface area contributed by atoms with Crippen LogP contribution in [-0.2, 0) is 22.4 Å². The molecule has 36 heavy (non-hydrogen) atoms. The highest BCUT2D eigenvalue weighted by atomic mass is 32.2. The molecule has 13 heteroatoms. The number of hydrogen-bond donors (Lipinski definition) is 0. The molecule has 0 saturated carbocycles. The van der Waals surface area contributed by atoms with E-state index in [0.29, 0.717) is 5.56 Å². The summed E-state index contributed by atoms with van der Waals surface area (Å²) in [6.45, 7) is -0.731. The summed E-state index contributed by atoms with van der Waals surface area (Å²) in [5.74, 6) is -0.371. The molecule has 1 aliphatic rings. The van der Waals surface area contributed by atoms with E-state index in [1.54, 1.807) is 24.3 Å². The Morgan fingerprint density at radius 1 is 0.750 bits per heavy atom. The van der Waals surface area contributed by atoms with Crippen LogP contribution in [0.4, 0.5) is 26.3 Å². The zero-order valence-corrected chi connectivity index (χ0v) is 19.2. The van der Waals surface area contributed by atoms with Crippen molar-refractivity contribution in [1.29, 1.82) is 0 Å². The monoisotopic (exact) mass is 531 g/mol. The van der Waals surface area contributed by atoms with E-state index in [1.807, 2.05) is 29.1 Å². The zero-order valence-electron chi connectivity index (χ0n) is 18.4. The lowest BCUT2D eigenvalue weighted by molar-refractivity contribution is -0.143. The highest BCUT2D eigenvalue weighted by Crippen LogP contribution is 2.38. The molecule has 0 radical (unpaired) electrons. The van der Waals surface area contributed by atoms with Crippen molar-refractivity contribution >= 4 is 15.9 Å². The molecule has 4 rings (SSSR count). The van der Waals surface area contributed by atoms with Crippen molar-refractivity contribution in [2.75, 3.05) is 26.2 Å². The van der Waals surface area contributed by atoms with E-state index >= 15 is 0 Å². The standard InChI is InChI=1S/C23H19F6N3O3S/c24-22(25,26)17-13-18(23(27,28)29)15-20(14-17)36(34,35)32-11-9-31(10-12-32)21(33)16-3-5-19(6-4-16)30-7-1-2-8-30/h1-8,13-15H,9-12H2. The average molecular weight is 531 g/mol. The minimum atomic E-state index is -5.17. The SMILES string of the molecule is O=C(c1ccc(-n2cccc2)cc1)N1CCN(S(=O)(=O)c2cc(C(F)(F)F)cc(C(F)(F)F)c2)CC1. The molecular weight excluding hydrogens is 512 g/mol. The largest absolute Gasteiger partial charge is 0.416 e. The third-order valence-electron chi connectivity index (χ3n) is 5.74. The van der Waals surface area contributed by atoms with Crippen LogP contribution in [0.15, 0.2) is 71.9 Å². The van der Waals surface area contributed by atoms with Crippen LogP contribution in [0.2, 0.25) is 0 Å². The van der Waals surface area contributed by atoms with Gasteiger partial charge in [0, 0.05) is 49.8 Å². The number of carbonyl (C=O) groups excluding carboxylic acids is 1. The molecule has 192 valence electrons. The van der Waals surface area contributed by atoms with Gasteiger partial charge in [0.1, 0.15) is 0 Å². The Morgan fingerprint density at radius 2 is 1.25 bits per heavy atom. The number of amides is 1. The molecule has 1 amide bonds. The van der Waals surface area contributed by atoms with Gasteiger partial charge in [-0.3, -0.25) is 4.79 Å². The minimum Gasteiger partial charge on any atom is -0.336 e. The molecule has 1 aliphatic heterocycles. The molecule has 6 nitrogen and oxygen atoms in total. The normalized spacial score (nSPS) is 15.8. The summed E-state index contributed by atoms with van der Waals surface area (Å²) < 4.78 is 107. The van der Waals surface area contributed by atoms with Crippen molar-refractivity contribution in [2.45, 2.75) is 17.2 Å². The molecule has 0 unspecified atom stereocenters. The topological polar surface area (TPSA) is 62.6 Å². The van der Waals surface area contributed by atoms with Crippen molar-refractivity contribution in [3.63, 3.8) is 0 Å². The minimum absolute atomic E-state index is 0.0808. The molecule has 0 N–H and O–H groups in total. The predicted octanol–water partition coefficient (Wildman–Crippen LogP) is 4.66. The highest BCUT2D eigenvalue weighted by molar-refractivity contribution is 7.89. The maximum absolute atomic E-state index is 13.2. The predicted molar refractivity (Wildman–Crippen MR) is 117 cm³/mol. The number of aromatic nitrogens is 1. The maximum Gasteiger partial charge on any atom is 0.416 e. The fourth-order valence-electron chi connectivity index (χ4n) is 3.82. The van der Waals surface area contributed by atoms with Crippen LogP contribution in [0.1, 0.15) is 21.5 Å². The van der Waals surface area contributed by atoms with Gasteiger partial charge in [-0.15, -0.1) is 0 Å². The fraction of sp³-hybridized carbons (Fsp3) is 0.261. The average Bonchev–Trinajstić information content (AvgIpc) is 3.37. The second kappa shape index (κ2) is 9.28. The van der Waals surface area contributed by atoms with Crippen molar-refractivity contribution in [3.05, 3.63) is 83.7 Å². The zero-order chi connectivity index (χ0) is 26.3. The summed E-state index contributed by atoms with van der Waals surface area (Å²) in [4.78, 5) is 13.1. The Labute approximate surface area is 202 Å². The number of alkyl halides is 6. The lowest BCUT2D eigenvalue weighted by Crippen LogP contribution is -2.50. The molecule has 1 aromatic heterocycles. The lowest BCUT2D eigenvalue weighted by atomic mass is 10.1. The maximum atomic E-state index is 13.2. The van der Waals surface area contributed by atoms with E-state index in [1.165, 1.54) is 4.90 Å². The third-order valence-corrected chi connectivity index (χ3v) is 7.62. The van der Waals surface area contributed by atoms with E-state index in [9.17, 15) is 39.6 Å². The van der Waals surface area contributed by atoms with Crippen molar-refractivity contribution in [3.8, 4) is 5.69 Å². The highest BCUT2D eigenvalue weighted by Gasteiger charge is 2.39. The van der Waals surface area contributed by atoms with Crippen LogP contribution in [-0.4, -0.2) is 54.3 Å².